The van der Waals surface area contributed by atoms with E-state index in [1.165, 1.54) is 205 Å². The summed E-state index contributed by atoms with van der Waals surface area (Å²) in [6, 6.07) is 0. The van der Waals surface area contributed by atoms with Gasteiger partial charge in [0.25, 0.3) is 0 Å². The maximum atomic E-state index is 12.0. The van der Waals surface area contributed by atoms with E-state index >= 15 is 0 Å². The number of unbranched alkanes of at least 4 members (excludes halogenated alkanes) is 34. The van der Waals surface area contributed by atoms with Crippen LogP contribution in [0.3, 0.4) is 0 Å². The van der Waals surface area contributed by atoms with Crippen molar-refractivity contribution in [3.05, 3.63) is 12.2 Å². The summed E-state index contributed by atoms with van der Waals surface area (Å²) < 4.78 is 5.46. The molecule has 0 aliphatic rings. The van der Waals surface area contributed by atoms with E-state index in [0.717, 1.165) is 32.1 Å². The van der Waals surface area contributed by atoms with E-state index in [1.807, 2.05) is 0 Å². The van der Waals surface area contributed by atoms with Crippen LogP contribution in [0.4, 0.5) is 0 Å². The van der Waals surface area contributed by atoms with Gasteiger partial charge in [0.1, 0.15) is 0 Å². The molecule has 4 nitrogen and oxygen atoms in total. The lowest BCUT2D eigenvalue weighted by Gasteiger charge is -2.06. The number of allylic oxidation sites excluding steroid dienone is 2. The van der Waals surface area contributed by atoms with Gasteiger partial charge in [-0.15, -0.1) is 0 Å². The molecule has 0 aromatic carbocycles. The largest absolute Gasteiger partial charge is 0.481 e. The number of carboxylic acid groups (broad SMARTS) is 1. The maximum absolute atomic E-state index is 12.0. The molecule has 0 bridgehead atoms. The summed E-state index contributed by atoms with van der Waals surface area (Å²) in [6.07, 6.45) is 54.0. The molecule has 290 valence electrons. The lowest BCUT2D eigenvalue weighted by Crippen LogP contribution is -2.05. The van der Waals surface area contributed by atoms with Crippen LogP contribution in [-0.4, -0.2) is 23.7 Å². The Hall–Kier alpha value is -1.32. The highest BCUT2D eigenvalue weighted by Gasteiger charge is 2.03. The summed E-state index contributed by atoms with van der Waals surface area (Å²) in [5.74, 6) is -0.644. The molecule has 0 aliphatic heterocycles. The molecule has 0 fully saturated rings. The average molecular weight is 691 g/mol. The van der Waals surface area contributed by atoms with Crippen LogP contribution >= 0.6 is 0 Å². The topological polar surface area (TPSA) is 63.6 Å². The van der Waals surface area contributed by atoms with Crippen molar-refractivity contribution in [2.75, 3.05) is 6.61 Å². The van der Waals surface area contributed by atoms with E-state index in [0.29, 0.717) is 19.4 Å². The molecular formula is C45H86O4. The zero-order chi connectivity index (χ0) is 35.6. The zero-order valence-electron chi connectivity index (χ0n) is 33.1. The quantitative estimate of drug-likeness (QED) is 0.0393. The van der Waals surface area contributed by atoms with E-state index in [1.54, 1.807) is 0 Å². The second-order valence-electron chi connectivity index (χ2n) is 15.2. The van der Waals surface area contributed by atoms with Crippen LogP contribution in [-0.2, 0) is 14.3 Å². The monoisotopic (exact) mass is 691 g/mol. The second-order valence-corrected chi connectivity index (χ2v) is 15.2. The molecule has 49 heavy (non-hydrogen) atoms. The van der Waals surface area contributed by atoms with Gasteiger partial charge in [0.2, 0.25) is 0 Å². The lowest BCUT2D eigenvalue weighted by molar-refractivity contribution is -0.144. The number of hydrogen-bond acceptors (Lipinski definition) is 3. The number of carbonyl (C=O) groups is 2. The molecule has 0 heterocycles. The summed E-state index contributed by atoms with van der Waals surface area (Å²) >= 11 is 0. The fourth-order valence-electron chi connectivity index (χ4n) is 6.87. The molecule has 0 aromatic rings. The van der Waals surface area contributed by atoms with Crippen molar-refractivity contribution in [3.63, 3.8) is 0 Å². The fourth-order valence-corrected chi connectivity index (χ4v) is 6.87. The summed E-state index contributed by atoms with van der Waals surface area (Å²) in [5, 5.41) is 8.65. The van der Waals surface area contributed by atoms with Gasteiger partial charge in [-0.05, 0) is 44.9 Å². The van der Waals surface area contributed by atoms with Crippen molar-refractivity contribution >= 4 is 11.9 Å². The first-order valence-corrected chi connectivity index (χ1v) is 22.2. The van der Waals surface area contributed by atoms with Gasteiger partial charge in [-0.25, -0.2) is 0 Å². The minimum Gasteiger partial charge on any atom is -0.481 e. The fraction of sp³-hybridized carbons (Fsp3) is 0.911. The van der Waals surface area contributed by atoms with Crippen molar-refractivity contribution < 1.29 is 19.4 Å². The van der Waals surface area contributed by atoms with Crippen LogP contribution in [0.2, 0.25) is 0 Å². The Kier molecular flexibility index (Phi) is 41.7. The standard InChI is InChI=1S/C45H86O4/c1-2-3-4-5-6-7-8-9-10-17-21-24-27-30-33-36-39-42-45(48)49-43-40-37-34-31-28-25-22-19-16-14-12-11-13-15-18-20-23-26-29-32-35-38-41-44(46)47/h9-10H,2-8,11-43H2,1H3,(H,46,47). The van der Waals surface area contributed by atoms with E-state index in [4.69, 9.17) is 9.84 Å². The Morgan fingerprint density at radius 1 is 0.388 bits per heavy atom. The molecule has 0 radical (unpaired) electrons. The van der Waals surface area contributed by atoms with Crippen LogP contribution in [0.15, 0.2) is 12.2 Å². The van der Waals surface area contributed by atoms with Crippen molar-refractivity contribution in [1.29, 1.82) is 0 Å². The van der Waals surface area contributed by atoms with Crippen LogP contribution in [0.1, 0.15) is 257 Å². The van der Waals surface area contributed by atoms with Crippen LogP contribution in [0, 0.1) is 0 Å². The minimum absolute atomic E-state index is 0.0127. The van der Waals surface area contributed by atoms with E-state index in [2.05, 4.69) is 19.1 Å². The highest BCUT2D eigenvalue weighted by Crippen LogP contribution is 2.16. The zero-order valence-corrected chi connectivity index (χ0v) is 33.1. The Bertz CT molecular complexity index is 688. The maximum Gasteiger partial charge on any atom is 0.305 e. The Morgan fingerprint density at radius 3 is 1.02 bits per heavy atom. The van der Waals surface area contributed by atoms with Crippen LogP contribution in [0.5, 0.6) is 0 Å². The van der Waals surface area contributed by atoms with E-state index < -0.39 is 5.97 Å². The molecule has 0 saturated heterocycles. The number of rotatable bonds is 42. The first-order chi connectivity index (χ1) is 24.2. The Balaban J connectivity index is 3.17. The smallest absolute Gasteiger partial charge is 0.305 e. The number of hydrogen-bond donors (Lipinski definition) is 1. The van der Waals surface area contributed by atoms with Gasteiger partial charge in [-0.1, -0.05) is 212 Å². The minimum atomic E-state index is -0.657. The lowest BCUT2D eigenvalue weighted by atomic mass is 10.0. The predicted octanol–water partition coefficient (Wildman–Crippen LogP) is 15.4. The highest BCUT2D eigenvalue weighted by atomic mass is 16.5. The van der Waals surface area contributed by atoms with Gasteiger partial charge in [-0.3, -0.25) is 9.59 Å². The van der Waals surface area contributed by atoms with Crippen molar-refractivity contribution in [1.82, 2.24) is 0 Å². The molecule has 0 aromatic heterocycles. The van der Waals surface area contributed by atoms with Crippen molar-refractivity contribution in [3.8, 4) is 0 Å². The third-order valence-electron chi connectivity index (χ3n) is 10.2. The van der Waals surface area contributed by atoms with Crippen LogP contribution < -0.4 is 0 Å². The molecule has 0 spiro atoms. The third-order valence-corrected chi connectivity index (χ3v) is 10.2. The van der Waals surface area contributed by atoms with Gasteiger partial charge in [-0.2, -0.15) is 0 Å². The molecule has 0 unspecified atom stereocenters. The molecule has 4 heteroatoms. The van der Waals surface area contributed by atoms with E-state index in [9.17, 15) is 9.59 Å². The molecule has 1 N–H and O–H groups in total. The SMILES string of the molecule is CCCCCCCCC=CCCCCCCCCCC(=O)OCCCCCCCCCCCCCCCCCCCCCCCCC(=O)O. The average Bonchev–Trinajstić information content (AvgIpc) is 3.09. The molecule has 0 aliphatic carbocycles. The number of esters is 1. The number of ether oxygens (including phenoxy) is 1. The normalized spacial score (nSPS) is 11.5. The molecular weight excluding hydrogens is 604 g/mol. The van der Waals surface area contributed by atoms with Crippen molar-refractivity contribution in [2.24, 2.45) is 0 Å². The summed E-state index contributed by atoms with van der Waals surface area (Å²) in [7, 11) is 0. The van der Waals surface area contributed by atoms with Gasteiger partial charge in [0.15, 0.2) is 0 Å². The van der Waals surface area contributed by atoms with Gasteiger partial charge in [0.05, 0.1) is 6.61 Å². The summed E-state index contributed by atoms with van der Waals surface area (Å²) in [5.41, 5.74) is 0. The number of aliphatic carboxylic acids is 1. The van der Waals surface area contributed by atoms with E-state index in [-0.39, 0.29) is 5.97 Å². The number of carboxylic acids is 1. The Labute approximate surface area is 306 Å². The Morgan fingerprint density at radius 2 is 0.673 bits per heavy atom. The first kappa shape index (κ1) is 47.7. The first-order valence-electron chi connectivity index (χ1n) is 22.2. The molecule has 0 saturated carbocycles. The molecule has 0 rings (SSSR count). The second kappa shape index (κ2) is 42.8. The number of carbonyl (C=O) groups excluding carboxylic acids is 1. The van der Waals surface area contributed by atoms with Crippen molar-refractivity contribution in [2.45, 2.75) is 257 Å². The summed E-state index contributed by atoms with van der Waals surface area (Å²) in [6.45, 7) is 2.90. The molecule has 0 amide bonds. The van der Waals surface area contributed by atoms with Gasteiger partial charge in [0, 0.05) is 12.8 Å². The van der Waals surface area contributed by atoms with Crippen LogP contribution in [0.25, 0.3) is 0 Å². The van der Waals surface area contributed by atoms with Gasteiger partial charge < -0.3 is 9.84 Å². The van der Waals surface area contributed by atoms with Gasteiger partial charge >= 0.3 is 11.9 Å². The highest BCUT2D eigenvalue weighted by molar-refractivity contribution is 5.69. The molecule has 0 atom stereocenters. The summed E-state index contributed by atoms with van der Waals surface area (Å²) in [4.78, 5) is 22.5. The third kappa shape index (κ3) is 44.7. The predicted molar refractivity (Wildman–Crippen MR) is 213 cm³/mol.